The van der Waals surface area contributed by atoms with Gasteiger partial charge in [0, 0.05) is 13.5 Å². The van der Waals surface area contributed by atoms with E-state index in [9.17, 15) is 14.4 Å². The summed E-state index contributed by atoms with van der Waals surface area (Å²) in [5.41, 5.74) is -1.80. The molecule has 1 aliphatic rings. The average Bonchev–Trinajstić information content (AvgIpc) is 2.45. The Hall–Kier alpha value is -1.63. The van der Waals surface area contributed by atoms with Gasteiger partial charge in [-0.25, -0.2) is 9.59 Å². The smallest absolute Gasteiger partial charge is 0.344 e. The Morgan fingerprint density at radius 2 is 1.55 bits per heavy atom. The van der Waals surface area contributed by atoms with Gasteiger partial charge in [0.15, 0.2) is 0 Å². The zero-order chi connectivity index (χ0) is 15.2. The fourth-order valence-electron chi connectivity index (χ4n) is 2.46. The predicted molar refractivity (Wildman–Crippen MR) is 70.9 cm³/mol. The van der Waals surface area contributed by atoms with Crippen LogP contribution in [0.15, 0.2) is 0 Å². The lowest BCUT2D eigenvalue weighted by Gasteiger charge is -2.35. The molecule has 0 bridgehead atoms. The third kappa shape index (κ3) is 3.69. The molecule has 1 heterocycles. The average molecular weight is 286 g/mol. The maximum Gasteiger partial charge on any atom is 0.344 e. The Morgan fingerprint density at radius 1 is 1.05 bits per heavy atom. The topological polar surface area (TPSA) is 84.9 Å². The van der Waals surface area contributed by atoms with E-state index in [1.165, 1.54) is 21.1 Å². The summed E-state index contributed by atoms with van der Waals surface area (Å²) in [4.78, 5) is 37.5. The number of hydrogen-bond donors (Lipinski definition) is 1. The maximum atomic E-state index is 12.1. The van der Waals surface area contributed by atoms with Gasteiger partial charge < -0.3 is 14.8 Å². The third-order valence-corrected chi connectivity index (χ3v) is 3.37. The second-order valence-electron chi connectivity index (χ2n) is 4.91. The molecule has 0 unspecified atom stereocenters. The molecule has 0 radical (unpaired) electrons. The quantitative estimate of drug-likeness (QED) is 0.551. The monoisotopic (exact) mass is 286 g/mol. The highest BCUT2D eigenvalue weighted by atomic mass is 16.5. The minimum absolute atomic E-state index is 0.0614. The number of esters is 2. The molecule has 1 rings (SSSR count). The SMILES string of the molecule is COC(=O)C(CN1CCCCC1)(NC(C)=O)C(=O)OC. The summed E-state index contributed by atoms with van der Waals surface area (Å²) in [6.07, 6.45) is 3.12. The van der Waals surface area contributed by atoms with Crippen molar-refractivity contribution in [3.63, 3.8) is 0 Å². The zero-order valence-electron chi connectivity index (χ0n) is 12.2. The molecule has 20 heavy (non-hydrogen) atoms. The largest absolute Gasteiger partial charge is 0.467 e. The Morgan fingerprint density at radius 3 is 1.95 bits per heavy atom. The minimum Gasteiger partial charge on any atom is -0.467 e. The summed E-state index contributed by atoms with van der Waals surface area (Å²) in [7, 11) is 2.36. The Kier molecular flexibility index (Phi) is 5.94. The standard InChI is InChI=1S/C13H22N2O5/c1-10(16)14-13(11(17)19-2,12(18)20-3)9-15-7-5-4-6-8-15/h4-9H2,1-3H3,(H,14,16). The summed E-state index contributed by atoms with van der Waals surface area (Å²) in [6.45, 7) is 2.85. The molecule has 7 nitrogen and oxygen atoms in total. The number of nitrogens with zero attached hydrogens (tertiary/aromatic N) is 1. The maximum absolute atomic E-state index is 12.1. The van der Waals surface area contributed by atoms with Crippen LogP contribution in [0.3, 0.4) is 0 Å². The molecule has 7 heteroatoms. The van der Waals surface area contributed by atoms with E-state index in [0.29, 0.717) is 0 Å². The van der Waals surface area contributed by atoms with Gasteiger partial charge in [-0.3, -0.25) is 9.69 Å². The number of hydrogen-bond acceptors (Lipinski definition) is 6. The second-order valence-corrected chi connectivity index (χ2v) is 4.91. The normalized spacial score (nSPS) is 16.4. The number of rotatable bonds is 5. The number of amides is 1. The van der Waals surface area contributed by atoms with Crippen LogP contribution in [-0.4, -0.2) is 62.1 Å². The van der Waals surface area contributed by atoms with E-state index in [0.717, 1.165) is 32.4 Å². The first-order valence-corrected chi connectivity index (χ1v) is 6.64. The van der Waals surface area contributed by atoms with Crippen LogP contribution >= 0.6 is 0 Å². The molecule has 1 aliphatic heterocycles. The molecular formula is C13H22N2O5. The number of piperidine rings is 1. The molecular weight excluding hydrogens is 264 g/mol. The summed E-state index contributed by atoms with van der Waals surface area (Å²) in [5.74, 6) is -2.12. The van der Waals surface area contributed by atoms with E-state index in [1.54, 1.807) is 0 Å². The van der Waals surface area contributed by atoms with Gasteiger partial charge in [-0.05, 0) is 25.9 Å². The Labute approximate surface area is 118 Å². The van der Waals surface area contributed by atoms with E-state index in [1.807, 2.05) is 4.90 Å². The van der Waals surface area contributed by atoms with Gasteiger partial charge >= 0.3 is 11.9 Å². The van der Waals surface area contributed by atoms with Crippen LogP contribution in [0, 0.1) is 0 Å². The van der Waals surface area contributed by atoms with Crippen molar-refractivity contribution in [3.8, 4) is 0 Å². The van der Waals surface area contributed by atoms with E-state index < -0.39 is 23.4 Å². The van der Waals surface area contributed by atoms with E-state index in [-0.39, 0.29) is 6.54 Å². The van der Waals surface area contributed by atoms with Gasteiger partial charge in [0.2, 0.25) is 11.4 Å². The van der Waals surface area contributed by atoms with Gasteiger partial charge in [-0.1, -0.05) is 6.42 Å². The van der Waals surface area contributed by atoms with Gasteiger partial charge in [-0.15, -0.1) is 0 Å². The van der Waals surface area contributed by atoms with E-state index >= 15 is 0 Å². The number of methoxy groups -OCH3 is 2. The van der Waals surface area contributed by atoms with Crippen molar-refractivity contribution in [3.05, 3.63) is 0 Å². The summed E-state index contributed by atoms with van der Waals surface area (Å²) in [5, 5.41) is 2.41. The second kappa shape index (κ2) is 7.23. The summed E-state index contributed by atoms with van der Waals surface area (Å²) < 4.78 is 9.40. The molecule has 0 spiro atoms. The molecule has 1 fully saturated rings. The molecule has 0 aliphatic carbocycles. The van der Waals surface area contributed by atoms with Crippen molar-refractivity contribution in [2.24, 2.45) is 0 Å². The first-order valence-electron chi connectivity index (χ1n) is 6.64. The molecule has 0 saturated carbocycles. The van der Waals surface area contributed by atoms with Crippen LogP contribution in [0.25, 0.3) is 0 Å². The number of likely N-dealkylation sites (tertiary alicyclic amines) is 1. The van der Waals surface area contributed by atoms with Crippen LogP contribution in [0.1, 0.15) is 26.2 Å². The first-order chi connectivity index (χ1) is 9.46. The lowest BCUT2D eigenvalue weighted by atomic mass is 9.97. The molecule has 0 aromatic heterocycles. The van der Waals surface area contributed by atoms with Gasteiger partial charge in [0.05, 0.1) is 14.2 Å². The van der Waals surface area contributed by atoms with E-state index in [2.05, 4.69) is 5.32 Å². The van der Waals surface area contributed by atoms with Gasteiger partial charge in [0.1, 0.15) is 0 Å². The number of nitrogens with one attached hydrogen (secondary N) is 1. The summed E-state index contributed by atoms with van der Waals surface area (Å²) >= 11 is 0. The summed E-state index contributed by atoms with van der Waals surface area (Å²) in [6, 6.07) is 0. The van der Waals surface area contributed by atoms with Gasteiger partial charge in [0.25, 0.3) is 0 Å². The van der Waals surface area contributed by atoms with Crippen molar-refractivity contribution in [1.82, 2.24) is 10.2 Å². The van der Waals surface area contributed by atoms with Crippen LogP contribution in [0.4, 0.5) is 0 Å². The lowest BCUT2D eigenvalue weighted by Crippen LogP contribution is -2.66. The molecule has 114 valence electrons. The lowest BCUT2D eigenvalue weighted by molar-refractivity contribution is -0.166. The van der Waals surface area contributed by atoms with E-state index in [4.69, 9.17) is 9.47 Å². The number of carbonyl (C=O) groups excluding carboxylic acids is 3. The first kappa shape index (κ1) is 16.4. The van der Waals surface area contributed by atoms with Crippen LogP contribution < -0.4 is 5.32 Å². The molecule has 1 saturated heterocycles. The van der Waals surface area contributed by atoms with Crippen LogP contribution in [0.5, 0.6) is 0 Å². The minimum atomic E-state index is -1.80. The van der Waals surface area contributed by atoms with Crippen molar-refractivity contribution < 1.29 is 23.9 Å². The number of ether oxygens (including phenoxy) is 2. The Bertz CT molecular complexity index is 361. The molecule has 0 aromatic rings. The van der Waals surface area contributed by atoms with Crippen molar-refractivity contribution in [2.75, 3.05) is 33.9 Å². The molecule has 0 aromatic carbocycles. The van der Waals surface area contributed by atoms with Crippen molar-refractivity contribution in [1.29, 1.82) is 0 Å². The molecule has 0 atom stereocenters. The number of carbonyl (C=O) groups is 3. The molecule has 1 N–H and O–H groups in total. The fourth-order valence-corrected chi connectivity index (χ4v) is 2.46. The molecule has 1 amide bonds. The fraction of sp³-hybridized carbons (Fsp3) is 0.769. The van der Waals surface area contributed by atoms with Crippen molar-refractivity contribution >= 4 is 17.8 Å². The highest BCUT2D eigenvalue weighted by molar-refractivity contribution is 6.08. The highest BCUT2D eigenvalue weighted by Gasteiger charge is 2.50. The zero-order valence-corrected chi connectivity index (χ0v) is 12.2. The van der Waals surface area contributed by atoms with Gasteiger partial charge in [-0.2, -0.15) is 0 Å². The van der Waals surface area contributed by atoms with Crippen LogP contribution in [0.2, 0.25) is 0 Å². The Balaban J connectivity index is 3.03. The predicted octanol–water partition coefficient (Wildman–Crippen LogP) is -0.307. The van der Waals surface area contributed by atoms with Crippen LogP contribution in [-0.2, 0) is 23.9 Å². The highest BCUT2D eigenvalue weighted by Crippen LogP contribution is 2.17. The third-order valence-electron chi connectivity index (χ3n) is 3.37. The van der Waals surface area contributed by atoms with Crippen molar-refractivity contribution in [2.45, 2.75) is 31.7 Å².